The largest absolute Gasteiger partial charge is 0.345 e. The summed E-state index contributed by atoms with van der Waals surface area (Å²) in [4.78, 5) is 22.9. The van der Waals surface area contributed by atoms with E-state index in [0.29, 0.717) is 24.1 Å². The van der Waals surface area contributed by atoms with Gasteiger partial charge in [-0.3, -0.25) is 20.1 Å². The third-order valence-electron chi connectivity index (χ3n) is 5.71. The fourth-order valence-electron chi connectivity index (χ4n) is 4.26. The molecule has 0 aliphatic carbocycles. The van der Waals surface area contributed by atoms with Gasteiger partial charge in [-0.05, 0) is 43.7 Å². The predicted octanol–water partition coefficient (Wildman–Crippen LogP) is 1.59. The Hall–Kier alpha value is -2.06. The summed E-state index contributed by atoms with van der Waals surface area (Å²) in [7, 11) is 0. The highest BCUT2D eigenvalue weighted by atomic mass is 32.1. The summed E-state index contributed by atoms with van der Waals surface area (Å²) in [6.07, 6.45) is 6.28. The van der Waals surface area contributed by atoms with Crippen LogP contribution in [0.25, 0.3) is 0 Å². The Balaban J connectivity index is 1.44. The second-order valence-electron chi connectivity index (χ2n) is 7.40. The maximum absolute atomic E-state index is 11.9. The molecule has 1 N–H and O–H groups in total. The van der Waals surface area contributed by atoms with Crippen LogP contribution in [0.1, 0.15) is 38.3 Å². The molecule has 1 unspecified atom stereocenters. The summed E-state index contributed by atoms with van der Waals surface area (Å²) in [5, 5.41) is 5.25. The van der Waals surface area contributed by atoms with Crippen LogP contribution in [0.3, 0.4) is 0 Å². The number of carbonyl (C=O) groups excluding carboxylic acids is 1. The number of amides is 1. The van der Waals surface area contributed by atoms with E-state index in [9.17, 15) is 4.79 Å². The Kier molecular flexibility index (Phi) is 5.36. The number of nitrogens with zero attached hydrogens (tertiary/aromatic N) is 5. The van der Waals surface area contributed by atoms with E-state index in [4.69, 9.17) is 12.2 Å². The summed E-state index contributed by atoms with van der Waals surface area (Å²) in [5.74, 6) is 0.0251. The van der Waals surface area contributed by atoms with Crippen molar-refractivity contribution in [2.45, 2.75) is 38.6 Å². The van der Waals surface area contributed by atoms with Gasteiger partial charge in [0.1, 0.15) is 5.69 Å². The fourth-order valence-corrected chi connectivity index (χ4v) is 4.47. The quantitative estimate of drug-likeness (QED) is 0.584. The molecule has 2 fully saturated rings. The lowest BCUT2D eigenvalue weighted by atomic mass is 10.00. The first-order valence-electron chi connectivity index (χ1n) is 9.72. The average Bonchev–Trinajstić information content (AvgIpc) is 2.71. The summed E-state index contributed by atoms with van der Waals surface area (Å²) in [5.41, 5.74) is 5.51. The number of hydrogen-bond donors (Lipinski definition) is 1. The van der Waals surface area contributed by atoms with Crippen LogP contribution in [0.4, 0.5) is 5.69 Å². The minimum atomic E-state index is 0.0251. The molecule has 4 rings (SSSR count). The van der Waals surface area contributed by atoms with E-state index in [2.05, 4.69) is 25.3 Å². The number of hydrazone groups is 1. The second kappa shape index (κ2) is 7.90. The Morgan fingerprint density at radius 2 is 2.19 bits per heavy atom. The van der Waals surface area contributed by atoms with E-state index >= 15 is 0 Å². The van der Waals surface area contributed by atoms with Crippen molar-refractivity contribution in [3.63, 3.8) is 0 Å². The van der Waals surface area contributed by atoms with Gasteiger partial charge in [0.25, 0.3) is 0 Å². The molecular formula is C19H26N6OS. The zero-order chi connectivity index (χ0) is 18.8. The van der Waals surface area contributed by atoms with Crippen molar-refractivity contribution in [2.75, 3.05) is 37.6 Å². The van der Waals surface area contributed by atoms with Crippen LogP contribution in [0.15, 0.2) is 23.4 Å². The highest BCUT2D eigenvalue weighted by Crippen LogP contribution is 2.25. The van der Waals surface area contributed by atoms with Gasteiger partial charge < -0.3 is 9.80 Å². The lowest BCUT2D eigenvalue weighted by molar-refractivity contribution is -0.116. The van der Waals surface area contributed by atoms with Gasteiger partial charge in [0.05, 0.1) is 11.4 Å². The number of nitrogens with one attached hydrogen (secondary N) is 1. The molecule has 27 heavy (non-hydrogen) atoms. The molecule has 0 bridgehead atoms. The number of pyridine rings is 1. The normalized spacial score (nSPS) is 24.3. The zero-order valence-electron chi connectivity index (χ0n) is 15.7. The Morgan fingerprint density at radius 3 is 3.04 bits per heavy atom. The monoisotopic (exact) mass is 386 g/mol. The van der Waals surface area contributed by atoms with Gasteiger partial charge in [-0.15, -0.1) is 0 Å². The van der Waals surface area contributed by atoms with Gasteiger partial charge in [-0.25, -0.2) is 0 Å². The second-order valence-corrected chi connectivity index (χ2v) is 7.79. The maximum atomic E-state index is 11.9. The third-order valence-corrected chi connectivity index (χ3v) is 6.06. The molecule has 3 aliphatic heterocycles. The molecule has 0 saturated carbocycles. The molecule has 1 amide bonds. The van der Waals surface area contributed by atoms with Crippen molar-refractivity contribution < 1.29 is 4.79 Å². The Bertz CT molecular complexity index is 766. The number of anilines is 1. The molecule has 4 heterocycles. The molecule has 144 valence electrons. The van der Waals surface area contributed by atoms with E-state index in [1.165, 1.54) is 25.8 Å². The number of carbonyl (C=O) groups is 1. The third kappa shape index (κ3) is 3.82. The Labute approximate surface area is 165 Å². The van der Waals surface area contributed by atoms with E-state index in [0.717, 1.165) is 36.7 Å². The molecule has 7 nitrogen and oxygen atoms in total. The minimum absolute atomic E-state index is 0.0251. The highest BCUT2D eigenvalue weighted by Gasteiger charge is 2.30. The lowest BCUT2D eigenvalue weighted by Crippen LogP contribution is -2.57. The van der Waals surface area contributed by atoms with Crippen LogP contribution in [-0.4, -0.2) is 70.3 Å². The van der Waals surface area contributed by atoms with Crippen LogP contribution < -0.4 is 10.3 Å². The molecule has 1 aromatic rings. The van der Waals surface area contributed by atoms with E-state index in [1.54, 1.807) is 18.0 Å². The molecule has 3 aliphatic rings. The van der Waals surface area contributed by atoms with Crippen molar-refractivity contribution in [3.05, 3.63) is 24.0 Å². The lowest BCUT2D eigenvalue weighted by Gasteiger charge is -2.44. The van der Waals surface area contributed by atoms with Crippen LogP contribution in [0.2, 0.25) is 0 Å². The van der Waals surface area contributed by atoms with Crippen LogP contribution in [0.5, 0.6) is 0 Å². The first-order chi connectivity index (χ1) is 13.1. The summed E-state index contributed by atoms with van der Waals surface area (Å²) in [6.45, 7) is 6.40. The van der Waals surface area contributed by atoms with E-state index in [-0.39, 0.29) is 5.91 Å². The van der Waals surface area contributed by atoms with Crippen LogP contribution in [-0.2, 0) is 4.79 Å². The predicted molar refractivity (Wildman–Crippen MR) is 110 cm³/mol. The van der Waals surface area contributed by atoms with Gasteiger partial charge >= 0.3 is 0 Å². The highest BCUT2D eigenvalue weighted by molar-refractivity contribution is 7.80. The summed E-state index contributed by atoms with van der Waals surface area (Å²) < 4.78 is 0. The van der Waals surface area contributed by atoms with Gasteiger partial charge in [0.2, 0.25) is 5.91 Å². The fraction of sp³-hybridized carbons (Fsp3) is 0.579. The maximum Gasteiger partial charge on any atom is 0.223 e. The number of hydrogen-bond acceptors (Lipinski definition) is 5. The standard InChI is InChI=1S/C19H26N6OS/c1-14(26)25-10-7-16(18-17(25)6-4-8-20-18)21-22-19(27)24-12-11-23-9-3-2-5-15(23)13-24/h4,6,8,15H,2-3,5,7,9-13H2,1H3,(H,22,27)/b21-16-. The van der Waals surface area contributed by atoms with E-state index < -0.39 is 0 Å². The molecular weight excluding hydrogens is 360 g/mol. The molecule has 1 aromatic heterocycles. The first kappa shape index (κ1) is 18.3. The molecule has 0 aromatic carbocycles. The number of aromatic nitrogens is 1. The van der Waals surface area contributed by atoms with E-state index in [1.807, 2.05) is 12.1 Å². The van der Waals surface area contributed by atoms with Gasteiger partial charge in [-0.2, -0.15) is 5.10 Å². The van der Waals surface area contributed by atoms with Crippen LogP contribution in [0, 0.1) is 0 Å². The minimum Gasteiger partial charge on any atom is -0.345 e. The van der Waals surface area contributed by atoms with Crippen molar-refractivity contribution in [1.29, 1.82) is 0 Å². The van der Waals surface area contributed by atoms with Crippen LogP contribution >= 0.6 is 12.2 Å². The molecule has 0 radical (unpaired) electrons. The number of piperazine rings is 1. The number of thiocarbonyl (C=S) groups is 1. The number of rotatable bonds is 1. The summed E-state index contributed by atoms with van der Waals surface area (Å²) in [6, 6.07) is 4.37. The number of piperidine rings is 1. The molecule has 8 heteroatoms. The molecule has 0 spiro atoms. The Morgan fingerprint density at radius 1 is 1.30 bits per heavy atom. The summed E-state index contributed by atoms with van der Waals surface area (Å²) >= 11 is 5.60. The van der Waals surface area contributed by atoms with Gasteiger partial charge in [0, 0.05) is 51.8 Å². The smallest absolute Gasteiger partial charge is 0.223 e. The zero-order valence-corrected chi connectivity index (χ0v) is 16.5. The van der Waals surface area contributed by atoms with Crippen molar-refractivity contribution in [2.24, 2.45) is 5.10 Å². The van der Waals surface area contributed by atoms with Gasteiger partial charge in [-0.1, -0.05) is 6.42 Å². The van der Waals surface area contributed by atoms with Gasteiger partial charge in [0.15, 0.2) is 5.11 Å². The first-order valence-corrected chi connectivity index (χ1v) is 10.1. The molecule has 2 saturated heterocycles. The van der Waals surface area contributed by atoms with Crippen molar-refractivity contribution in [1.82, 2.24) is 20.2 Å². The molecule has 1 atom stereocenters. The van der Waals surface area contributed by atoms with Crippen molar-refractivity contribution in [3.8, 4) is 0 Å². The van der Waals surface area contributed by atoms with Crippen molar-refractivity contribution >= 4 is 34.6 Å². The topological polar surface area (TPSA) is 64.1 Å². The average molecular weight is 387 g/mol. The number of fused-ring (bicyclic) bond motifs is 2. The SMILES string of the molecule is CC(=O)N1CC/C(=N/NC(=S)N2CCN3CCCCC3C2)c2ncccc21.